The Labute approximate surface area is 62.3 Å². The van der Waals surface area contributed by atoms with Crippen LogP contribution < -0.4 is 5.73 Å². The Morgan fingerprint density at radius 2 is 2.30 bits per heavy atom. The first-order chi connectivity index (χ1) is 4.81. The molecule has 0 saturated heterocycles. The van der Waals surface area contributed by atoms with Crippen molar-refractivity contribution in [3.8, 4) is 0 Å². The molecule has 0 aromatic heterocycles. The molecule has 10 heavy (non-hydrogen) atoms. The quantitative estimate of drug-likeness (QED) is 0.352. The third-order valence-corrected chi connectivity index (χ3v) is 1.21. The summed E-state index contributed by atoms with van der Waals surface area (Å²) in [5.41, 5.74) is 5.45. The Hall–Kier alpha value is -0.570. The Morgan fingerprint density at radius 1 is 1.60 bits per heavy atom. The molecule has 0 aliphatic rings. The fraction of sp³-hybridized carbons (Fsp3) is 0.857. The topological polar surface area (TPSA) is 47.6 Å². The van der Waals surface area contributed by atoms with Crippen molar-refractivity contribution >= 4 is 5.84 Å². The zero-order valence-corrected chi connectivity index (χ0v) is 6.76. The van der Waals surface area contributed by atoms with E-state index in [0.29, 0.717) is 5.84 Å². The summed E-state index contributed by atoms with van der Waals surface area (Å²) in [6, 6.07) is 0. The van der Waals surface area contributed by atoms with Gasteiger partial charge in [-0.15, -0.1) is 0 Å². The van der Waals surface area contributed by atoms with Gasteiger partial charge in [0.25, 0.3) is 0 Å². The molecule has 0 unspecified atom stereocenters. The first kappa shape index (κ1) is 9.43. The first-order valence-corrected chi connectivity index (χ1v) is 3.60. The predicted octanol–water partition coefficient (Wildman–Crippen LogP) is 0.790. The highest BCUT2D eigenvalue weighted by Gasteiger charge is 1.90. The van der Waals surface area contributed by atoms with E-state index >= 15 is 0 Å². The molecular weight excluding hydrogens is 128 g/mol. The van der Waals surface area contributed by atoms with Crippen LogP contribution in [0.4, 0.5) is 0 Å². The van der Waals surface area contributed by atoms with Crippen LogP contribution in [0.15, 0.2) is 4.99 Å². The van der Waals surface area contributed by atoms with E-state index in [1.807, 2.05) is 6.92 Å². The molecule has 0 amide bonds. The highest BCUT2D eigenvalue weighted by atomic mass is 16.5. The molecular formula is C7H16N2O. The van der Waals surface area contributed by atoms with E-state index in [4.69, 9.17) is 10.5 Å². The minimum Gasteiger partial charge on any atom is -0.387 e. The molecule has 0 spiro atoms. The first-order valence-electron chi connectivity index (χ1n) is 3.60. The molecule has 0 bridgehead atoms. The second-order valence-electron chi connectivity index (χ2n) is 2.02. The molecule has 0 rings (SSSR count). The minimum absolute atomic E-state index is 0.708. The maximum absolute atomic E-state index is 5.45. The summed E-state index contributed by atoms with van der Waals surface area (Å²) in [7, 11) is 1.70. The SMILES string of the molecule is CCOCCCC(N)=NC. The highest BCUT2D eigenvalue weighted by molar-refractivity contribution is 5.79. The molecule has 0 heterocycles. The lowest BCUT2D eigenvalue weighted by atomic mass is 10.3. The van der Waals surface area contributed by atoms with Crippen molar-refractivity contribution in [1.29, 1.82) is 0 Å². The summed E-state index contributed by atoms with van der Waals surface area (Å²) >= 11 is 0. The number of nitrogens with two attached hydrogens (primary N) is 1. The minimum atomic E-state index is 0.708. The van der Waals surface area contributed by atoms with Crippen LogP contribution in [0.25, 0.3) is 0 Å². The normalized spacial score (nSPS) is 12.0. The Bertz CT molecular complexity index is 102. The number of hydrogen-bond donors (Lipinski definition) is 1. The molecule has 3 heteroatoms. The van der Waals surface area contributed by atoms with Crippen molar-refractivity contribution in [2.45, 2.75) is 19.8 Å². The van der Waals surface area contributed by atoms with E-state index in [1.54, 1.807) is 7.05 Å². The average Bonchev–Trinajstić information content (AvgIpc) is 1.98. The molecule has 0 aliphatic carbocycles. The van der Waals surface area contributed by atoms with Crippen LogP contribution in [0.5, 0.6) is 0 Å². The van der Waals surface area contributed by atoms with Crippen molar-refractivity contribution in [2.24, 2.45) is 10.7 Å². The van der Waals surface area contributed by atoms with Crippen LogP contribution in [-0.4, -0.2) is 26.1 Å². The van der Waals surface area contributed by atoms with Gasteiger partial charge in [0, 0.05) is 26.7 Å². The number of amidine groups is 1. The molecule has 0 saturated carbocycles. The van der Waals surface area contributed by atoms with Crippen molar-refractivity contribution in [1.82, 2.24) is 0 Å². The summed E-state index contributed by atoms with van der Waals surface area (Å²) in [4.78, 5) is 3.82. The second-order valence-corrected chi connectivity index (χ2v) is 2.02. The fourth-order valence-electron chi connectivity index (χ4n) is 0.611. The van der Waals surface area contributed by atoms with Gasteiger partial charge in [-0.3, -0.25) is 4.99 Å². The summed E-state index contributed by atoms with van der Waals surface area (Å²) in [6.45, 7) is 3.55. The number of hydrogen-bond acceptors (Lipinski definition) is 2. The van der Waals surface area contributed by atoms with Crippen molar-refractivity contribution < 1.29 is 4.74 Å². The van der Waals surface area contributed by atoms with E-state index in [0.717, 1.165) is 26.1 Å². The Kier molecular flexibility index (Phi) is 6.18. The summed E-state index contributed by atoms with van der Waals surface area (Å²) < 4.78 is 5.12. The molecule has 0 aromatic rings. The molecule has 0 radical (unpaired) electrons. The van der Waals surface area contributed by atoms with E-state index in [9.17, 15) is 0 Å². The van der Waals surface area contributed by atoms with E-state index in [2.05, 4.69) is 4.99 Å². The molecule has 0 aliphatic heterocycles. The standard InChI is InChI=1S/C7H16N2O/c1-3-10-6-4-5-7(8)9-2/h3-6H2,1-2H3,(H2,8,9). The fourth-order valence-corrected chi connectivity index (χ4v) is 0.611. The summed E-state index contributed by atoms with van der Waals surface area (Å²) in [5, 5.41) is 0. The molecule has 3 nitrogen and oxygen atoms in total. The summed E-state index contributed by atoms with van der Waals surface area (Å²) in [5.74, 6) is 0.708. The van der Waals surface area contributed by atoms with Gasteiger partial charge in [-0.1, -0.05) is 0 Å². The van der Waals surface area contributed by atoms with Crippen molar-refractivity contribution in [2.75, 3.05) is 20.3 Å². The number of nitrogens with zero attached hydrogens (tertiary/aromatic N) is 1. The lowest BCUT2D eigenvalue weighted by molar-refractivity contribution is 0.146. The summed E-state index contributed by atoms with van der Waals surface area (Å²) in [6.07, 6.45) is 1.81. The third kappa shape index (κ3) is 5.56. The second kappa shape index (κ2) is 6.55. The van der Waals surface area contributed by atoms with E-state index in [1.165, 1.54) is 0 Å². The largest absolute Gasteiger partial charge is 0.387 e. The average molecular weight is 144 g/mol. The van der Waals surface area contributed by atoms with Crippen LogP contribution in [0.1, 0.15) is 19.8 Å². The van der Waals surface area contributed by atoms with Crippen LogP contribution >= 0.6 is 0 Å². The van der Waals surface area contributed by atoms with Gasteiger partial charge in [0.15, 0.2) is 0 Å². The predicted molar refractivity (Wildman–Crippen MR) is 43.3 cm³/mol. The van der Waals surface area contributed by atoms with Gasteiger partial charge in [0.05, 0.1) is 5.84 Å². The smallest absolute Gasteiger partial charge is 0.0934 e. The van der Waals surface area contributed by atoms with Crippen molar-refractivity contribution in [3.05, 3.63) is 0 Å². The number of aliphatic imine (C=N–C) groups is 1. The Balaban J connectivity index is 3.04. The molecule has 0 fully saturated rings. The zero-order chi connectivity index (χ0) is 7.82. The monoisotopic (exact) mass is 144 g/mol. The Morgan fingerprint density at radius 3 is 2.80 bits per heavy atom. The maximum atomic E-state index is 5.45. The molecule has 60 valence electrons. The molecule has 0 atom stereocenters. The van der Waals surface area contributed by atoms with Gasteiger partial charge in [0.1, 0.15) is 0 Å². The lowest BCUT2D eigenvalue weighted by Gasteiger charge is -1.99. The van der Waals surface area contributed by atoms with Gasteiger partial charge in [-0.25, -0.2) is 0 Å². The van der Waals surface area contributed by atoms with Crippen LogP contribution in [-0.2, 0) is 4.74 Å². The van der Waals surface area contributed by atoms with Gasteiger partial charge in [0.2, 0.25) is 0 Å². The van der Waals surface area contributed by atoms with Crippen molar-refractivity contribution in [3.63, 3.8) is 0 Å². The number of ether oxygens (including phenoxy) is 1. The van der Waals surface area contributed by atoms with Gasteiger partial charge in [-0.2, -0.15) is 0 Å². The van der Waals surface area contributed by atoms with Gasteiger partial charge in [-0.05, 0) is 13.3 Å². The van der Waals surface area contributed by atoms with E-state index in [-0.39, 0.29) is 0 Å². The van der Waals surface area contributed by atoms with E-state index < -0.39 is 0 Å². The molecule has 2 N–H and O–H groups in total. The maximum Gasteiger partial charge on any atom is 0.0934 e. The van der Waals surface area contributed by atoms with Crippen LogP contribution in [0.3, 0.4) is 0 Å². The highest BCUT2D eigenvalue weighted by Crippen LogP contribution is 1.89. The molecule has 0 aromatic carbocycles. The third-order valence-electron chi connectivity index (χ3n) is 1.21. The van der Waals surface area contributed by atoms with Crippen LogP contribution in [0.2, 0.25) is 0 Å². The van der Waals surface area contributed by atoms with Crippen LogP contribution in [0, 0.1) is 0 Å². The zero-order valence-electron chi connectivity index (χ0n) is 6.76. The number of rotatable bonds is 5. The van der Waals surface area contributed by atoms with Gasteiger partial charge < -0.3 is 10.5 Å². The van der Waals surface area contributed by atoms with Gasteiger partial charge >= 0.3 is 0 Å². The lowest BCUT2D eigenvalue weighted by Crippen LogP contribution is -2.11.